The molecule has 0 unspecified atom stereocenters. The van der Waals surface area contributed by atoms with E-state index in [1.807, 2.05) is 0 Å². The lowest BCUT2D eigenvalue weighted by molar-refractivity contribution is 0.105. The standard InChI is InChI=1S/C11H16FNO4S/c1-2-11(7-14,8-15)13-18(16,17)10-6-4-3-5-9(10)12/h3-6,13-15H,2,7-8H2,1H3. The van der Waals surface area contributed by atoms with Gasteiger partial charge in [-0.2, -0.15) is 0 Å². The summed E-state index contributed by atoms with van der Waals surface area (Å²) < 4.78 is 39.5. The van der Waals surface area contributed by atoms with Crippen LogP contribution in [-0.4, -0.2) is 37.4 Å². The average molecular weight is 277 g/mol. The number of nitrogens with one attached hydrogen (secondary N) is 1. The number of aliphatic hydroxyl groups excluding tert-OH is 2. The minimum Gasteiger partial charge on any atom is -0.394 e. The van der Waals surface area contributed by atoms with Crippen molar-refractivity contribution in [3.05, 3.63) is 30.1 Å². The van der Waals surface area contributed by atoms with Gasteiger partial charge in [-0.05, 0) is 18.6 Å². The van der Waals surface area contributed by atoms with Gasteiger partial charge in [0.2, 0.25) is 10.0 Å². The fraction of sp³-hybridized carbons (Fsp3) is 0.455. The predicted molar refractivity (Wildman–Crippen MR) is 63.9 cm³/mol. The van der Waals surface area contributed by atoms with Crippen LogP contribution in [0.1, 0.15) is 13.3 Å². The summed E-state index contributed by atoms with van der Waals surface area (Å²) in [6.45, 7) is 0.456. The van der Waals surface area contributed by atoms with Gasteiger partial charge in [-0.3, -0.25) is 0 Å². The predicted octanol–water partition coefficient (Wildman–Crippen LogP) is 0.237. The molecule has 1 rings (SSSR count). The third kappa shape index (κ3) is 3.05. The first kappa shape index (κ1) is 15.0. The first-order chi connectivity index (χ1) is 8.40. The molecule has 0 aliphatic heterocycles. The molecule has 5 nitrogen and oxygen atoms in total. The fourth-order valence-corrected chi connectivity index (χ4v) is 2.95. The van der Waals surface area contributed by atoms with E-state index in [0.29, 0.717) is 0 Å². The maximum Gasteiger partial charge on any atom is 0.244 e. The summed E-state index contributed by atoms with van der Waals surface area (Å²) in [6, 6.07) is 4.91. The van der Waals surface area contributed by atoms with Crippen molar-refractivity contribution in [3.63, 3.8) is 0 Å². The molecule has 7 heteroatoms. The second kappa shape index (κ2) is 5.75. The molecule has 0 aliphatic rings. The molecular formula is C11H16FNO4S. The Morgan fingerprint density at radius 1 is 1.28 bits per heavy atom. The van der Waals surface area contributed by atoms with Gasteiger partial charge >= 0.3 is 0 Å². The Balaban J connectivity index is 3.13. The zero-order valence-electron chi connectivity index (χ0n) is 9.93. The molecule has 0 atom stereocenters. The summed E-state index contributed by atoms with van der Waals surface area (Å²) in [5.74, 6) is -0.883. The van der Waals surface area contributed by atoms with Gasteiger partial charge in [0.15, 0.2) is 0 Å². The van der Waals surface area contributed by atoms with Crippen LogP contribution in [-0.2, 0) is 10.0 Å². The lowest BCUT2D eigenvalue weighted by Gasteiger charge is -2.29. The van der Waals surface area contributed by atoms with E-state index in [2.05, 4.69) is 4.72 Å². The number of aliphatic hydroxyl groups is 2. The van der Waals surface area contributed by atoms with Gasteiger partial charge < -0.3 is 10.2 Å². The van der Waals surface area contributed by atoms with Crippen LogP contribution < -0.4 is 4.72 Å². The van der Waals surface area contributed by atoms with Crippen LogP contribution in [0.25, 0.3) is 0 Å². The molecule has 0 spiro atoms. The highest BCUT2D eigenvalue weighted by molar-refractivity contribution is 7.89. The average Bonchev–Trinajstić information content (AvgIpc) is 2.36. The van der Waals surface area contributed by atoms with Crippen molar-refractivity contribution in [2.45, 2.75) is 23.8 Å². The van der Waals surface area contributed by atoms with Crippen LogP contribution >= 0.6 is 0 Å². The number of sulfonamides is 1. The third-order valence-corrected chi connectivity index (χ3v) is 4.37. The Hall–Kier alpha value is -1.02. The van der Waals surface area contributed by atoms with Crippen LogP contribution in [0.2, 0.25) is 0 Å². The van der Waals surface area contributed by atoms with E-state index in [1.165, 1.54) is 12.1 Å². The molecule has 3 N–H and O–H groups in total. The van der Waals surface area contributed by atoms with Crippen LogP contribution in [0.3, 0.4) is 0 Å². The van der Waals surface area contributed by atoms with Crippen molar-refractivity contribution in [1.29, 1.82) is 0 Å². The highest BCUT2D eigenvalue weighted by Gasteiger charge is 2.33. The minimum absolute atomic E-state index is 0.174. The fourth-order valence-electron chi connectivity index (χ4n) is 1.41. The van der Waals surface area contributed by atoms with Gasteiger partial charge in [-0.1, -0.05) is 19.1 Å². The van der Waals surface area contributed by atoms with Crippen molar-refractivity contribution in [3.8, 4) is 0 Å². The van der Waals surface area contributed by atoms with Crippen molar-refractivity contribution in [1.82, 2.24) is 4.72 Å². The molecule has 0 amide bonds. The molecule has 0 aliphatic carbocycles. The first-order valence-corrected chi connectivity index (χ1v) is 6.89. The van der Waals surface area contributed by atoms with E-state index in [-0.39, 0.29) is 6.42 Å². The summed E-state index contributed by atoms with van der Waals surface area (Å²) in [5.41, 5.74) is -1.39. The second-order valence-electron chi connectivity index (χ2n) is 3.99. The largest absolute Gasteiger partial charge is 0.394 e. The van der Waals surface area contributed by atoms with Crippen molar-refractivity contribution in [2.75, 3.05) is 13.2 Å². The zero-order chi connectivity index (χ0) is 13.8. The van der Waals surface area contributed by atoms with Gasteiger partial charge in [0.25, 0.3) is 0 Å². The van der Waals surface area contributed by atoms with E-state index in [9.17, 15) is 23.0 Å². The molecular weight excluding hydrogens is 261 g/mol. The van der Waals surface area contributed by atoms with E-state index in [4.69, 9.17) is 0 Å². The second-order valence-corrected chi connectivity index (χ2v) is 5.64. The monoisotopic (exact) mass is 277 g/mol. The Bertz CT molecular complexity index is 491. The van der Waals surface area contributed by atoms with Crippen molar-refractivity contribution in [2.24, 2.45) is 0 Å². The van der Waals surface area contributed by atoms with E-state index in [1.54, 1.807) is 6.92 Å². The zero-order valence-corrected chi connectivity index (χ0v) is 10.7. The normalized spacial score (nSPS) is 12.7. The number of benzene rings is 1. The van der Waals surface area contributed by atoms with Crippen LogP contribution in [0.5, 0.6) is 0 Å². The maximum atomic E-state index is 13.4. The minimum atomic E-state index is -4.13. The molecule has 0 saturated carbocycles. The lowest BCUT2D eigenvalue weighted by atomic mass is 10.0. The molecule has 1 aromatic carbocycles. The third-order valence-electron chi connectivity index (χ3n) is 2.76. The van der Waals surface area contributed by atoms with E-state index < -0.39 is 39.5 Å². The van der Waals surface area contributed by atoms with Gasteiger partial charge in [0.05, 0.1) is 18.8 Å². The van der Waals surface area contributed by atoms with E-state index in [0.717, 1.165) is 12.1 Å². The van der Waals surface area contributed by atoms with Gasteiger partial charge in [0, 0.05) is 0 Å². The van der Waals surface area contributed by atoms with Crippen molar-refractivity contribution < 1.29 is 23.0 Å². The topological polar surface area (TPSA) is 86.6 Å². The van der Waals surface area contributed by atoms with Gasteiger partial charge in [0.1, 0.15) is 10.7 Å². The Labute approximate surface area is 105 Å². The molecule has 102 valence electrons. The number of hydrogen-bond acceptors (Lipinski definition) is 4. The summed E-state index contributed by atoms with van der Waals surface area (Å²) in [5, 5.41) is 18.4. The van der Waals surface area contributed by atoms with Crippen LogP contribution in [0, 0.1) is 5.82 Å². The lowest BCUT2D eigenvalue weighted by Crippen LogP contribution is -2.53. The van der Waals surface area contributed by atoms with E-state index >= 15 is 0 Å². The number of rotatable bonds is 6. The highest BCUT2D eigenvalue weighted by Crippen LogP contribution is 2.18. The summed E-state index contributed by atoms with van der Waals surface area (Å²) in [4.78, 5) is -0.510. The Kier molecular flexibility index (Phi) is 4.80. The summed E-state index contributed by atoms with van der Waals surface area (Å²) in [6.07, 6.45) is 0.174. The Morgan fingerprint density at radius 3 is 2.28 bits per heavy atom. The van der Waals surface area contributed by atoms with Crippen molar-refractivity contribution >= 4 is 10.0 Å². The quantitative estimate of drug-likeness (QED) is 0.695. The maximum absolute atomic E-state index is 13.4. The molecule has 18 heavy (non-hydrogen) atoms. The Morgan fingerprint density at radius 2 is 1.83 bits per heavy atom. The molecule has 0 heterocycles. The summed E-state index contributed by atoms with van der Waals surface area (Å²) in [7, 11) is -4.13. The molecule has 0 fully saturated rings. The summed E-state index contributed by atoms with van der Waals surface area (Å²) >= 11 is 0. The first-order valence-electron chi connectivity index (χ1n) is 5.41. The van der Waals surface area contributed by atoms with Gasteiger partial charge in [-0.25, -0.2) is 17.5 Å². The SMILES string of the molecule is CCC(CO)(CO)NS(=O)(=O)c1ccccc1F. The van der Waals surface area contributed by atoms with Gasteiger partial charge in [-0.15, -0.1) is 0 Å². The molecule has 0 bridgehead atoms. The molecule has 0 radical (unpaired) electrons. The smallest absolute Gasteiger partial charge is 0.244 e. The van der Waals surface area contributed by atoms with Crippen LogP contribution in [0.15, 0.2) is 29.2 Å². The van der Waals surface area contributed by atoms with Crippen LogP contribution in [0.4, 0.5) is 4.39 Å². The number of halogens is 1. The molecule has 1 aromatic rings. The molecule has 0 saturated heterocycles. The number of hydrogen-bond donors (Lipinski definition) is 3. The highest BCUT2D eigenvalue weighted by atomic mass is 32.2. The molecule has 0 aromatic heterocycles.